The Bertz CT molecular complexity index is 799. The summed E-state index contributed by atoms with van der Waals surface area (Å²) in [7, 11) is 1.46. The molecule has 0 spiro atoms. The van der Waals surface area contributed by atoms with Gasteiger partial charge in [-0.3, -0.25) is 0 Å². The highest BCUT2D eigenvalue weighted by atomic mass is 35.5. The van der Waals surface area contributed by atoms with Crippen LogP contribution in [0.4, 0.5) is 37.7 Å². The monoisotopic (exact) mass is 458 g/mol. The number of aryl methyl sites for hydroxylation is 1. The highest BCUT2D eigenvalue weighted by Gasteiger charge is 2.38. The molecule has 3 N–H and O–H groups in total. The Morgan fingerprint density at radius 3 is 1.70 bits per heavy atom. The largest absolute Gasteiger partial charge is 0.497 e. The molecule has 0 fully saturated rings. The van der Waals surface area contributed by atoms with Gasteiger partial charge in [0, 0.05) is 5.69 Å². The van der Waals surface area contributed by atoms with Crippen LogP contribution in [0, 0.1) is 6.92 Å². The average Bonchev–Trinajstić information content (AvgIpc) is 2.64. The Balaban J connectivity index is 0.000000471. The number of halogens is 7. The van der Waals surface area contributed by atoms with Crippen LogP contribution in [0.1, 0.15) is 5.56 Å². The minimum Gasteiger partial charge on any atom is -0.497 e. The molecular formula is C18H17ClF6N2O3. The molecule has 0 aliphatic carbocycles. The first kappa shape index (κ1) is 27.0. The van der Waals surface area contributed by atoms with Gasteiger partial charge in [0.05, 0.1) is 12.8 Å². The second-order valence-corrected chi connectivity index (χ2v) is 5.67. The maximum absolute atomic E-state index is 12.0. The fraction of sp³-hybridized carbons (Fsp3) is 0.222. The van der Waals surface area contributed by atoms with Crippen LogP contribution in [0.25, 0.3) is 0 Å². The van der Waals surface area contributed by atoms with Crippen molar-refractivity contribution in [3.05, 3.63) is 54.1 Å². The number of rotatable bonds is 2. The molecule has 0 aliphatic rings. The number of carboxylic acid groups (broad SMARTS) is 1. The first-order valence-electron chi connectivity index (χ1n) is 7.74. The molecule has 30 heavy (non-hydrogen) atoms. The number of aliphatic imine (C=N–C) groups is 1. The van der Waals surface area contributed by atoms with Crippen molar-refractivity contribution < 1.29 is 41.0 Å². The number of methoxy groups -OCH3 is 1. The van der Waals surface area contributed by atoms with Gasteiger partial charge in [-0.2, -0.15) is 26.3 Å². The van der Waals surface area contributed by atoms with Crippen molar-refractivity contribution in [2.45, 2.75) is 19.3 Å². The van der Waals surface area contributed by atoms with Crippen molar-refractivity contribution in [1.29, 1.82) is 0 Å². The van der Waals surface area contributed by atoms with E-state index in [4.69, 9.17) is 32.0 Å². The van der Waals surface area contributed by atoms with Crippen molar-refractivity contribution in [1.82, 2.24) is 0 Å². The van der Waals surface area contributed by atoms with E-state index in [-0.39, 0.29) is 5.69 Å². The summed E-state index contributed by atoms with van der Waals surface area (Å²) in [6.45, 7) is 2.04. The molecule has 2 aromatic carbocycles. The zero-order valence-corrected chi connectivity index (χ0v) is 16.3. The fourth-order valence-corrected chi connectivity index (χ4v) is 1.50. The van der Waals surface area contributed by atoms with Gasteiger partial charge in [0.2, 0.25) is 5.17 Å². The molecule has 0 amide bonds. The SMILES string of the molecule is COc1ccc(N=C(Cl)C(F)(F)F)cc1.Cc1ccc(N)cc1.O=C(O)C(F)(F)F. The molecule has 0 heterocycles. The van der Waals surface area contributed by atoms with Crippen molar-refractivity contribution in [2.24, 2.45) is 4.99 Å². The summed E-state index contributed by atoms with van der Waals surface area (Å²) < 4.78 is 72.6. The lowest BCUT2D eigenvalue weighted by Crippen LogP contribution is -2.21. The summed E-state index contributed by atoms with van der Waals surface area (Å²) in [6, 6.07) is 13.5. The van der Waals surface area contributed by atoms with Crippen LogP contribution in [0.2, 0.25) is 0 Å². The number of nitrogens with two attached hydrogens (primary N) is 1. The quantitative estimate of drug-likeness (QED) is 0.341. The van der Waals surface area contributed by atoms with E-state index in [1.54, 1.807) is 0 Å². The Hall–Kier alpha value is -2.95. The van der Waals surface area contributed by atoms with Gasteiger partial charge in [-0.25, -0.2) is 9.79 Å². The van der Waals surface area contributed by atoms with E-state index in [2.05, 4.69) is 4.99 Å². The Morgan fingerprint density at radius 2 is 1.40 bits per heavy atom. The lowest BCUT2D eigenvalue weighted by molar-refractivity contribution is -0.192. The molecule has 0 bridgehead atoms. The molecule has 2 aromatic rings. The smallest absolute Gasteiger partial charge is 0.490 e. The number of ether oxygens (including phenoxy) is 1. The minimum atomic E-state index is -5.08. The molecule has 2 rings (SSSR count). The van der Waals surface area contributed by atoms with Gasteiger partial charge in [-0.1, -0.05) is 29.3 Å². The average molecular weight is 459 g/mol. The molecule has 0 radical (unpaired) electrons. The van der Waals surface area contributed by atoms with Crippen molar-refractivity contribution >= 4 is 34.1 Å². The van der Waals surface area contributed by atoms with Gasteiger partial charge in [0.1, 0.15) is 5.75 Å². The normalized spacial score (nSPS) is 11.4. The highest BCUT2D eigenvalue weighted by Crippen LogP contribution is 2.24. The second kappa shape index (κ2) is 11.9. The number of benzene rings is 2. The lowest BCUT2D eigenvalue weighted by Gasteiger charge is -2.03. The molecule has 12 heteroatoms. The minimum absolute atomic E-state index is 0.123. The van der Waals surface area contributed by atoms with Crippen molar-refractivity contribution in [2.75, 3.05) is 12.8 Å². The Morgan fingerprint density at radius 1 is 0.967 bits per heavy atom. The number of carboxylic acids is 1. The number of alkyl halides is 6. The van der Waals surface area contributed by atoms with E-state index >= 15 is 0 Å². The summed E-state index contributed by atoms with van der Waals surface area (Å²) in [5.41, 5.74) is 7.63. The summed E-state index contributed by atoms with van der Waals surface area (Å²) in [4.78, 5) is 12.1. The zero-order valence-electron chi connectivity index (χ0n) is 15.6. The van der Waals surface area contributed by atoms with E-state index in [9.17, 15) is 26.3 Å². The number of nitrogen functional groups attached to an aromatic ring is 1. The van der Waals surface area contributed by atoms with E-state index in [0.29, 0.717) is 5.75 Å². The summed E-state index contributed by atoms with van der Waals surface area (Å²) >= 11 is 4.96. The molecule has 0 aromatic heterocycles. The Kier molecular flexibility index (Phi) is 10.7. The fourth-order valence-electron chi connectivity index (χ4n) is 1.40. The number of hydrogen-bond donors (Lipinski definition) is 2. The van der Waals surface area contributed by atoms with Crippen LogP contribution in [-0.4, -0.2) is 35.7 Å². The molecule has 0 aliphatic heterocycles. The topological polar surface area (TPSA) is 84.9 Å². The van der Waals surface area contributed by atoms with Crippen LogP contribution in [0.3, 0.4) is 0 Å². The molecule has 5 nitrogen and oxygen atoms in total. The maximum atomic E-state index is 12.0. The lowest BCUT2D eigenvalue weighted by atomic mass is 10.2. The molecule has 0 saturated heterocycles. The van der Waals surface area contributed by atoms with Crippen LogP contribution in [-0.2, 0) is 4.79 Å². The standard InChI is InChI=1S/C9H7ClF3NO.C7H9N.C2HF3O2/c1-15-7-4-2-6(3-5-7)14-8(10)9(11,12)13;1-6-2-4-7(8)5-3-6;3-2(4,5)1(6)7/h2-5H,1H3;2-5H,8H2,1H3;(H,6,7). The van der Waals surface area contributed by atoms with E-state index in [1.165, 1.54) is 36.9 Å². The summed E-state index contributed by atoms with van der Waals surface area (Å²) in [6.07, 6.45) is -9.69. The van der Waals surface area contributed by atoms with E-state index in [1.807, 2.05) is 31.2 Å². The van der Waals surface area contributed by atoms with Crippen molar-refractivity contribution in [3.8, 4) is 5.75 Å². The predicted molar refractivity (Wildman–Crippen MR) is 101 cm³/mol. The summed E-state index contributed by atoms with van der Waals surface area (Å²) in [5, 5.41) is 5.73. The van der Waals surface area contributed by atoms with Crippen LogP contribution in [0.5, 0.6) is 5.75 Å². The summed E-state index contributed by atoms with van der Waals surface area (Å²) in [5.74, 6) is -2.22. The zero-order chi connectivity index (χ0) is 23.5. The van der Waals surface area contributed by atoms with Crippen LogP contribution >= 0.6 is 11.6 Å². The molecule has 0 atom stereocenters. The number of carbonyl (C=O) groups is 1. The van der Waals surface area contributed by atoms with Gasteiger partial charge in [-0.05, 0) is 43.3 Å². The number of anilines is 1. The van der Waals surface area contributed by atoms with Crippen LogP contribution in [0.15, 0.2) is 53.5 Å². The molecular weight excluding hydrogens is 442 g/mol. The van der Waals surface area contributed by atoms with Gasteiger partial charge in [0.25, 0.3) is 0 Å². The number of hydrogen-bond acceptors (Lipinski definition) is 4. The predicted octanol–water partition coefficient (Wildman–Crippen LogP) is 5.74. The van der Waals surface area contributed by atoms with Crippen LogP contribution < -0.4 is 10.5 Å². The second-order valence-electron chi connectivity index (χ2n) is 5.31. The van der Waals surface area contributed by atoms with Gasteiger partial charge >= 0.3 is 18.3 Å². The maximum Gasteiger partial charge on any atom is 0.490 e. The third-order valence-electron chi connectivity index (χ3n) is 2.85. The first-order chi connectivity index (χ1) is 13.7. The first-order valence-corrected chi connectivity index (χ1v) is 8.12. The van der Waals surface area contributed by atoms with Gasteiger partial charge in [0.15, 0.2) is 0 Å². The van der Waals surface area contributed by atoms with Crippen molar-refractivity contribution in [3.63, 3.8) is 0 Å². The van der Waals surface area contributed by atoms with Gasteiger partial charge < -0.3 is 15.6 Å². The molecule has 0 unspecified atom stereocenters. The van der Waals surface area contributed by atoms with Gasteiger partial charge in [-0.15, -0.1) is 0 Å². The molecule has 0 saturated carbocycles. The third-order valence-corrected chi connectivity index (χ3v) is 3.15. The number of nitrogens with zero attached hydrogens (tertiary/aromatic N) is 1. The third kappa shape index (κ3) is 11.8. The highest BCUT2D eigenvalue weighted by molar-refractivity contribution is 6.67. The number of aliphatic carboxylic acids is 1. The van der Waals surface area contributed by atoms with E-state index in [0.717, 1.165) is 5.69 Å². The van der Waals surface area contributed by atoms with E-state index < -0.39 is 23.5 Å². The Labute approximate surface area is 172 Å². The molecule has 166 valence electrons.